The van der Waals surface area contributed by atoms with Crippen molar-refractivity contribution in [1.82, 2.24) is 4.98 Å². The van der Waals surface area contributed by atoms with Crippen LogP contribution in [0.3, 0.4) is 0 Å². The van der Waals surface area contributed by atoms with E-state index in [9.17, 15) is 0 Å². The van der Waals surface area contributed by atoms with Crippen molar-refractivity contribution in [1.29, 1.82) is 0 Å². The molecular formula is C13H12BrClN2. The largest absolute Gasteiger partial charge is 0.322 e. The molecule has 2 aromatic rings. The highest BCUT2D eigenvalue weighted by Crippen LogP contribution is 2.24. The molecule has 0 spiro atoms. The van der Waals surface area contributed by atoms with Crippen molar-refractivity contribution in [3.8, 4) is 0 Å². The van der Waals surface area contributed by atoms with Crippen LogP contribution in [0.25, 0.3) is 0 Å². The van der Waals surface area contributed by atoms with Crippen molar-refractivity contribution < 1.29 is 0 Å². The van der Waals surface area contributed by atoms with Crippen LogP contribution >= 0.6 is 27.5 Å². The quantitative estimate of drug-likeness (QED) is 0.938. The van der Waals surface area contributed by atoms with E-state index in [1.54, 1.807) is 12.3 Å². The molecule has 2 nitrogen and oxygen atoms in total. The summed E-state index contributed by atoms with van der Waals surface area (Å²) < 4.78 is 1.06. The van der Waals surface area contributed by atoms with Crippen LogP contribution < -0.4 is 5.73 Å². The second-order valence-corrected chi connectivity index (χ2v) is 5.03. The summed E-state index contributed by atoms with van der Waals surface area (Å²) >= 11 is 9.58. The van der Waals surface area contributed by atoms with Crippen molar-refractivity contribution in [2.75, 3.05) is 0 Å². The zero-order chi connectivity index (χ0) is 12.3. The minimum Gasteiger partial charge on any atom is -0.322 e. The highest BCUT2D eigenvalue weighted by Gasteiger charge is 2.13. The van der Waals surface area contributed by atoms with E-state index < -0.39 is 0 Å². The smallest absolute Gasteiger partial charge is 0.0760 e. The summed E-state index contributed by atoms with van der Waals surface area (Å²) in [5, 5.41) is 0.618. The topological polar surface area (TPSA) is 38.9 Å². The number of aromatic nitrogens is 1. The summed E-state index contributed by atoms with van der Waals surface area (Å²) in [6, 6.07) is 11.4. The zero-order valence-electron chi connectivity index (χ0n) is 9.11. The minimum atomic E-state index is -0.192. The third kappa shape index (κ3) is 3.06. The molecular weight excluding hydrogens is 300 g/mol. The van der Waals surface area contributed by atoms with E-state index in [4.69, 9.17) is 17.3 Å². The molecule has 2 N–H and O–H groups in total. The molecule has 2 rings (SSSR count). The Kier molecular flexibility index (Phi) is 4.15. The third-order valence-corrected chi connectivity index (χ3v) is 3.63. The van der Waals surface area contributed by atoms with Crippen LogP contribution in [0.4, 0.5) is 0 Å². The van der Waals surface area contributed by atoms with Gasteiger partial charge in [0.05, 0.1) is 16.8 Å². The molecule has 1 atom stereocenters. The fourth-order valence-electron chi connectivity index (χ4n) is 1.67. The summed E-state index contributed by atoms with van der Waals surface area (Å²) in [6.45, 7) is 0. The summed E-state index contributed by atoms with van der Waals surface area (Å²) in [5.74, 6) is 0. The van der Waals surface area contributed by atoms with Crippen LogP contribution in [0, 0.1) is 0 Å². The monoisotopic (exact) mass is 310 g/mol. The Morgan fingerprint density at radius 3 is 2.71 bits per heavy atom. The number of rotatable bonds is 3. The first-order chi connectivity index (χ1) is 8.18. The van der Waals surface area contributed by atoms with Gasteiger partial charge >= 0.3 is 0 Å². The Hall–Kier alpha value is -0.900. The zero-order valence-corrected chi connectivity index (χ0v) is 11.4. The lowest BCUT2D eigenvalue weighted by atomic mass is 10.0. The lowest BCUT2D eigenvalue weighted by molar-refractivity contribution is 0.695. The summed E-state index contributed by atoms with van der Waals surface area (Å²) in [4.78, 5) is 4.23. The van der Waals surface area contributed by atoms with E-state index in [0.717, 1.165) is 15.7 Å². The number of pyridine rings is 1. The van der Waals surface area contributed by atoms with Crippen LogP contribution in [-0.4, -0.2) is 4.98 Å². The molecule has 0 aliphatic rings. The lowest BCUT2D eigenvalue weighted by Gasteiger charge is -2.13. The van der Waals surface area contributed by atoms with E-state index in [1.807, 2.05) is 30.3 Å². The maximum absolute atomic E-state index is 6.13. The Bertz CT molecular complexity index is 516. The van der Waals surface area contributed by atoms with Crippen molar-refractivity contribution in [2.45, 2.75) is 12.5 Å². The average molecular weight is 312 g/mol. The highest BCUT2D eigenvalue weighted by atomic mass is 79.9. The van der Waals surface area contributed by atoms with E-state index >= 15 is 0 Å². The van der Waals surface area contributed by atoms with Gasteiger partial charge in [0.2, 0.25) is 0 Å². The van der Waals surface area contributed by atoms with Crippen LogP contribution in [0.5, 0.6) is 0 Å². The maximum Gasteiger partial charge on any atom is 0.0760 e. The van der Waals surface area contributed by atoms with Crippen LogP contribution in [0.1, 0.15) is 17.3 Å². The van der Waals surface area contributed by atoms with Gasteiger partial charge in [-0.25, -0.2) is 0 Å². The number of nitrogens with zero attached hydrogens (tertiary/aromatic N) is 1. The molecule has 0 bridgehead atoms. The van der Waals surface area contributed by atoms with Gasteiger partial charge in [-0.15, -0.1) is 0 Å². The summed E-state index contributed by atoms with van der Waals surface area (Å²) in [5.41, 5.74) is 8.02. The van der Waals surface area contributed by atoms with Gasteiger partial charge in [0.15, 0.2) is 0 Å². The molecule has 0 amide bonds. The first kappa shape index (κ1) is 12.6. The number of hydrogen-bond acceptors (Lipinski definition) is 2. The fourth-order valence-corrected chi connectivity index (χ4v) is 2.38. The van der Waals surface area contributed by atoms with Crippen LogP contribution in [-0.2, 0) is 6.42 Å². The number of benzene rings is 1. The third-order valence-electron chi connectivity index (χ3n) is 2.54. The molecule has 0 aliphatic carbocycles. The predicted octanol–water partition coefficient (Wildman–Crippen LogP) is 3.74. The number of nitrogens with two attached hydrogens (primary N) is 1. The standard InChI is InChI=1S/C13H12BrClN2/c14-10-5-2-1-4-9(10)8-12(16)13-11(15)6-3-7-17-13/h1-7,12H,8,16H2. The maximum atomic E-state index is 6.13. The lowest BCUT2D eigenvalue weighted by Crippen LogP contribution is -2.15. The Morgan fingerprint density at radius 2 is 2.00 bits per heavy atom. The molecule has 0 saturated carbocycles. The van der Waals surface area contributed by atoms with E-state index in [1.165, 1.54) is 0 Å². The molecule has 1 unspecified atom stereocenters. The SMILES string of the molecule is NC(Cc1ccccc1Br)c1ncccc1Cl. The highest BCUT2D eigenvalue weighted by molar-refractivity contribution is 9.10. The van der Waals surface area contributed by atoms with Gasteiger partial charge < -0.3 is 5.73 Å². The molecule has 17 heavy (non-hydrogen) atoms. The number of halogens is 2. The van der Waals surface area contributed by atoms with Gasteiger partial charge in [-0.2, -0.15) is 0 Å². The summed E-state index contributed by atoms with van der Waals surface area (Å²) in [7, 11) is 0. The number of hydrogen-bond donors (Lipinski definition) is 1. The molecule has 1 aromatic heterocycles. The fraction of sp³-hybridized carbons (Fsp3) is 0.154. The Balaban J connectivity index is 2.20. The van der Waals surface area contributed by atoms with Crippen molar-refractivity contribution in [3.05, 3.63) is 63.3 Å². The van der Waals surface area contributed by atoms with Gasteiger partial charge in [0.1, 0.15) is 0 Å². The summed E-state index contributed by atoms with van der Waals surface area (Å²) in [6.07, 6.45) is 2.42. The van der Waals surface area contributed by atoms with Gasteiger partial charge in [-0.1, -0.05) is 45.7 Å². The van der Waals surface area contributed by atoms with Gasteiger partial charge in [0, 0.05) is 10.7 Å². The van der Waals surface area contributed by atoms with Crippen molar-refractivity contribution >= 4 is 27.5 Å². The molecule has 0 aliphatic heterocycles. The van der Waals surface area contributed by atoms with Crippen LogP contribution in [0.15, 0.2) is 47.1 Å². The van der Waals surface area contributed by atoms with E-state index in [0.29, 0.717) is 11.4 Å². The molecule has 0 fully saturated rings. The molecule has 1 aromatic carbocycles. The molecule has 4 heteroatoms. The first-order valence-corrected chi connectivity index (χ1v) is 6.45. The second-order valence-electron chi connectivity index (χ2n) is 3.77. The van der Waals surface area contributed by atoms with Gasteiger partial charge in [0.25, 0.3) is 0 Å². The molecule has 1 heterocycles. The van der Waals surface area contributed by atoms with E-state index in [-0.39, 0.29) is 6.04 Å². The van der Waals surface area contributed by atoms with Gasteiger partial charge in [-0.05, 0) is 30.2 Å². The van der Waals surface area contributed by atoms with Crippen molar-refractivity contribution in [3.63, 3.8) is 0 Å². The average Bonchev–Trinajstić information content (AvgIpc) is 2.32. The second kappa shape index (κ2) is 5.63. The van der Waals surface area contributed by atoms with Crippen molar-refractivity contribution in [2.24, 2.45) is 5.73 Å². The normalized spacial score (nSPS) is 12.4. The first-order valence-electron chi connectivity index (χ1n) is 5.28. The van der Waals surface area contributed by atoms with Crippen LogP contribution in [0.2, 0.25) is 5.02 Å². The Morgan fingerprint density at radius 1 is 1.24 bits per heavy atom. The minimum absolute atomic E-state index is 0.192. The van der Waals surface area contributed by atoms with E-state index in [2.05, 4.69) is 20.9 Å². The Labute approximate surface area is 114 Å². The predicted molar refractivity (Wildman–Crippen MR) is 74.0 cm³/mol. The molecule has 88 valence electrons. The van der Waals surface area contributed by atoms with Gasteiger partial charge in [-0.3, -0.25) is 4.98 Å². The molecule has 0 saturated heterocycles. The molecule has 0 radical (unpaired) electrons.